The van der Waals surface area contributed by atoms with E-state index in [-0.39, 0.29) is 21.8 Å². The lowest BCUT2D eigenvalue weighted by atomic mass is 9.94. The van der Waals surface area contributed by atoms with Gasteiger partial charge in [-0.1, -0.05) is 42.8 Å². The van der Waals surface area contributed by atoms with Crippen LogP contribution >= 0.6 is 11.6 Å². The van der Waals surface area contributed by atoms with Crippen molar-refractivity contribution < 1.29 is 23.5 Å². The normalized spacial score (nSPS) is 17.8. The molecule has 1 N–H and O–H groups in total. The van der Waals surface area contributed by atoms with E-state index in [2.05, 4.69) is 0 Å². The molecule has 4 rings (SSSR count). The second-order valence-corrected chi connectivity index (χ2v) is 7.78. The number of carbonyl (C=O) groups excluding carboxylic acids is 2. The molecule has 0 bridgehead atoms. The molecule has 1 aliphatic heterocycles. The van der Waals surface area contributed by atoms with Crippen LogP contribution in [-0.4, -0.2) is 16.8 Å². The summed E-state index contributed by atoms with van der Waals surface area (Å²) in [5.74, 6) is -3.39. The van der Waals surface area contributed by atoms with Gasteiger partial charge in [-0.15, -0.1) is 0 Å². The SMILES string of the molecule is CCc1ccc(C2/C(=C(\O)c3ccc(F)cc3)C(=O)C(=O)N2c2ccc(F)c(Cl)c2)cc1. The molecule has 0 radical (unpaired) electrons. The highest BCUT2D eigenvalue weighted by molar-refractivity contribution is 6.51. The minimum atomic E-state index is -0.979. The number of Topliss-reactive ketones (excluding diaryl/α,β-unsaturated/α-hetero) is 1. The minimum Gasteiger partial charge on any atom is -0.507 e. The fourth-order valence-electron chi connectivity index (χ4n) is 3.75. The fourth-order valence-corrected chi connectivity index (χ4v) is 3.92. The van der Waals surface area contributed by atoms with Crippen molar-refractivity contribution in [1.29, 1.82) is 0 Å². The molecule has 4 nitrogen and oxygen atoms in total. The Morgan fingerprint density at radius 2 is 1.66 bits per heavy atom. The van der Waals surface area contributed by atoms with E-state index < -0.39 is 35.1 Å². The largest absolute Gasteiger partial charge is 0.507 e. The van der Waals surface area contributed by atoms with Gasteiger partial charge in [-0.05, 0) is 60.0 Å². The van der Waals surface area contributed by atoms with Crippen molar-refractivity contribution in [2.45, 2.75) is 19.4 Å². The minimum absolute atomic E-state index is 0.147. The summed E-state index contributed by atoms with van der Waals surface area (Å²) in [6, 6.07) is 14.9. The number of halogens is 3. The Labute approximate surface area is 188 Å². The third kappa shape index (κ3) is 3.78. The predicted molar refractivity (Wildman–Crippen MR) is 118 cm³/mol. The Hall–Kier alpha value is -3.51. The number of aryl methyl sites for hydroxylation is 1. The van der Waals surface area contributed by atoms with E-state index in [9.17, 15) is 23.5 Å². The van der Waals surface area contributed by atoms with Gasteiger partial charge in [-0.2, -0.15) is 0 Å². The van der Waals surface area contributed by atoms with Gasteiger partial charge in [0, 0.05) is 11.3 Å². The van der Waals surface area contributed by atoms with E-state index in [0.717, 1.165) is 30.2 Å². The van der Waals surface area contributed by atoms with E-state index >= 15 is 0 Å². The number of nitrogens with zero attached hydrogens (tertiary/aromatic N) is 1. The lowest BCUT2D eigenvalue weighted by molar-refractivity contribution is -0.132. The lowest BCUT2D eigenvalue weighted by Crippen LogP contribution is -2.29. The topological polar surface area (TPSA) is 57.6 Å². The molecule has 0 aliphatic carbocycles. The van der Waals surface area contributed by atoms with Gasteiger partial charge in [-0.3, -0.25) is 14.5 Å². The second-order valence-electron chi connectivity index (χ2n) is 7.37. The summed E-state index contributed by atoms with van der Waals surface area (Å²) in [5, 5.41) is 10.8. The van der Waals surface area contributed by atoms with Crippen LogP contribution < -0.4 is 4.90 Å². The van der Waals surface area contributed by atoms with Crippen molar-refractivity contribution in [2.24, 2.45) is 0 Å². The summed E-state index contributed by atoms with van der Waals surface area (Å²) in [6.45, 7) is 2.00. The molecule has 0 aromatic heterocycles. The average molecular weight is 454 g/mol. The highest BCUT2D eigenvalue weighted by Crippen LogP contribution is 2.42. The van der Waals surface area contributed by atoms with Crippen LogP contribution in [0.3, 0.4) is 0 Å². The maximum atomic E-state index is 13.7. The number of hydrogen-bond acceptors (Lipinski definition) is 3. The highest BCUT2D eigenvalue weighted by Gasteiger charge is 2.47. The monoisotopic (exact) mass is 453 g/mol. The van der Waals surface area contributed by atoms with Crippen molar-refractivity contribution >= 4 is 34.7 Å². The first-order valence-electron chi connectivity index (χ1n) is 9.92. The van der Waals surface area contributed by atoms with Crippen LogP contribution in [0.4, 0.5) is 14.5 Å². The molecule has 7 heteroatoms. The molecule has 32 heavy (non-hydrogen) atoms. The summed E-state index contributed by atoms with van der Waals surface area (Å²) in [6.07, 6.45) is 0.795. The van der Waals surface area contributed by atoms with Gasteiger partial charge >= 0.3 is 0 Å². The van der Waals surface area contributed by atoms with Crippen LogP contribution in [0.2, 0.25) is 5.02 Å². The van der Waals surface area contributed by atoms with Gasteiger partial charge in [0.05, 0.1) is 16.6 Å². The zero-order valence-corrected chi connectivity index (χ0v) is 17.7. The fraction of sp³-hybridized carbons (Fsp3) is 0.120. The molecule has 1 unspecified atom stereocenters. The predicted octanol–water partition coefficient (Wildman–Crippen LogP) is 5.81. The Balaban J connectivity index is 1.94. The molecular formula is C25H18ClF2NO3. The van der Waals surface area contributed by atoms with Gasteiger partial charge in [0.2, 0.25) is 0 Å². The van der Waals surface area contributed by atoms with Crippen LogP contribution in [0, 0.1) is 11.6 Å². The maximum absolute atomic E-state index is 13.7. The van der Waals surface area contributed by atoms with Crippen LogP contribution in [0.1, 0.15) is 29.7 Å². The van der Waals surface area contributed by atoms with Gasteiger partial charge < -0.3 is 5.11 Å². The van der Waals surface area contributed by atoms with Crippen LogP contribution in [-0.2, 0) is 16.0 Å². The molecule has 3 aromatic rings. The van der Waals surface area contributed by atoms with E-state index in [0.29, 0.717) is 5.56 Å². The molecule has 162 valence electrons. The van der Waals surface area contributed by atoms with E-state index in [1.165, 1.54) is 29.2 Å². The molecule has 3 aromatic carbocycles. The molecule has 0 spiro atoms. The van der Waals surface area contributed by atoms with Gasteiger partial charge in [-0.25, -0.2) is 8.78 Å². The smallest absolute Gasteiger partial charge is 0.300 e. The highest BCUT2D eigenvalue weighted by atomic mass is 35.5. The molecule has 1 saturated heterocycles. The zero-order valence-electron chi connectivity index (χ0n) is 17.0. The van der Waals surface area contributed by atoms with Crippen molar-refractivity contribution in [1.82, 2.24) is 0 Å². The number of rotatable bonds is 4. The Morgan fingerprint density at radius 3 is 2.25 bits per heavy atom. The quantitative estimate of drug-likeness (QED) is 0.308. The number of benzene rings is 3. The van der Waals surface area contributed by atoms with Crippen LogP contribution in [0.5, 0.6) is 0 Å². The number of aliphatic hydroxyl groups is 1. The Kier molecular flexibility index (Phi) is 5.80. The maximum Gasteiger partial charge on any atom is 0.300 e. The summed E-state index contributed by atoms with van der Waals surface area (Å²) in [5.41, 5.74) is 1.88. The molecule has 1 heterocycles. The van der Waals surface area contributed by atoms with Crippen molar-refractivity contribution in [2.75, 3.05) is 4.90 Å². The number of carbonyl (C=O) groups is 2. The van der Waals surface area contributed by atoms with E-state index in [1.54, 1.807) is 12.1 Å². The molecule has 1 atom stereocenters. The number of anilines is 1. The summed E-state index contributed by atoms with van der Waals surface area (Å²) in [7, 11) is 0. The summed E-state index contributed by atoms with van der Waals surface area (Å²) >= 11 is 5.92. The van der Waals surface area contributed by atoms with Crippen molar-refractivity contribution in [3.05, 3.63) is 106 Å². The first-order chi connectivity index (χ1) is 15.3. The number of amides is 1. The standard InChI is InChI=1S/C25H18ClF2NO3/c1-2-14-3-5-15(6-4-14)22-21(23(30)16-7-9-17(27)10-8-16)24(31)25(32)29(22)18-11-12-20(28)19(26)13-18/h3-13,22,30H,2H2,1H3/b23-21+. The summed E-state index contributed by atoms with van der Waals surface area (Å²) in [4.78, 5) is 27.3. The number of aliphatic hydroxyl groups excluding tert-OH is 1. The zero-order chi connectivity index (χ0) is 23.0. The number of hydrogen-bond donors (Lipinski definition) is 1. The molecular weight excluding hydrogens is 436 g/mol. The molecule has 0 saturated carbocycles. The van der Waals surface area contributed by atoms with Crippen LogP contribution in [0.15, 0.2) is 72.3 Å². The van der Waals surface area contributed by atoms with Crippen molar-refractivity contribution in [3.8, 4) is 0 Å². The molecule has 1 amide bonds. The van der Waals surface area contributed by atoms with Gasteiger partial charge in [0.25, 0.3) is 11.7 Å². The van der Waals surface area contributed by atoms with Gasteiger partial charge in [0.1, 0.15) is 17.4 Å². The Morgan fingerprint density at radius 1 is 1.00 bits per heavy atom. The van der Waals surface area contributed by atoms with Crippen molar-refractivity contribution in [3.63, 3.8) is 0 Å². The first-order valence-corrected chi connectivity index (χ1v) is 10.3. The third-order valence-corrected chi connectivity index (χ3v) is 5.74. The number of ketones is 1. The molecule has 1 fully saturated rings. The average Bonchev–Trinajstić information content (AvgIpc) is 3.06. The van der Waals surface area contributed by atoms with Crippen LogP contribution in [0.25, 0.3) is 5.76 Å². The lowest BCUT2D eigenvalue weighted by Gasteiger charge is -2.26. The summed E-state index contributed by atoms with van der Waals surface area (Å²) < 4.78 is 27.1. The molecule has 1 aliphatic rings. The van der Waals surface area contributed by atoms with E-state index in [1.807, 2.05) is 19.1 Å². The second kappa shape index (κ2) is 8.55. The third-order valence-electron chi connectivity index (χ3n) is 5.45. The first kappa shape index (κ1) is 21.7. The van der Waals surface area contributed by atoms with E-state index in [4.69, 9.17) is 11.6 Å². The van der Waals surface area contributed by atoms with Gasteiger partial charge in [0.15, 0.2) is 0 Å². The Bertz CT molecular complexity index is 1240.